The molecule has 2 heteroatoms. The second-order valence-electron chi connectivity index (χ2n) is 16.0. The molecule has 0 heterocycles. The molecule has 0 saturated heterocycles. The van der Waals surface area contributed by atoms with Crippen LogP contribution >= 0.6 is 0 Å². The lowest BCUT2D eigenvalue weighted by Gasteiger charge is -2.21. The molecule has 9 aromatic rings. The van der Waals surface area contributed by atoms with Crippen LogP contribution in [-0.2, 0) is 0 Å². The van der Waals surface area contributed by atoms with Crippen molar-refractivity contribution in [3.8, 4) is 11.5 Å². The summed E-state index contributed by atoms with van der Waals surface area (Å²) in [4.78, 5) is 0. The van der Waals surface area contributed by atoms with Crippen molar-refractivity contribution >= 4 is 86.2 Å². The highest BCUT2D eigenvalue weighted by Gasteiger charge is 2.21. The minimum atomic E-state index is 0.685. The summed E-state index contributed by atoms with van der Waals surface area (Å²) in [7, 11) is 0. The van der Waals surface area contributed by atoms with Gasteiger partial charge in [0.05, 0.1) is 13.2 Å². The van der Waals surface area contributed by atoms with Crippen LogP contribution in [0.2, 0.25) is 0 Å². The predicted molar refractivity (Wildman–Crippen MR) is 244 cm³/mol. The van der Waals surface area contributed by atoms with E-state index in [1.165, 1.54) is 140 Å². The number of hydrogen-bond donors (Lipinski definition) is 0. The number of fused-ring (bicyclic) bond motifs is 13. The molecule has 0 atom stereocenters. The summed E-state index contributed by atoms with van der Waals surface area (Å²) < 4.78 is 14.0. The molecular formula is C54H54O2. The number of rotatable bonds is 16. The Kier molecular flexibility index (Phi) is 10.6. The lowest BCUT2D eigenvalue weighted by atomic mass is 9.90. The van der Waals surface area contributed by atoms with Gasteiger partial charge in [0.15, 0.2) is 11.5 Å². The number of unbranched alkanes of at least 4 members (excludes halogenated alkanes) is 10. The first-order chi connectivity index (χ1) is 27.7. The zero-order chi connectivity index (χ0) is 37.8. The monoisotopic (exact) mass is 734 g/mol. The highest BCUT2D eigenvalue weighted by molar-refractivity contribution is 6.28. The molecule has 0 aliphatic heterocycles. The lowest BCUT2D eigenvalue weighted by molar-refractivity contribution is 0.263. The SMILES string of the molecule is CCCCCCCCOc1c(OCCCCCCCC)c2cc3ccc4ccc5ccccc5c4c3cc2c2cc3c(ccc4ccc5ccccc5c43)cc12. The highest BCUT2D eigenvalue weighted by Crippen LogP contribution is 2.48. The molecule has 282 valence electrons. The van der Waals surface area contributed by atoms with E-state index in [2.05, 4.69) is 135 Å². The summed E-state index contributed by atoms with van der Waals surface area (Å²) in [5.74, 6) is 1.80. The minimum Gasteiger partial charge on any atom is -0.489 e. The van der Waals surface area contributed by atoms with Gasteiger partial charge in [-0.05, 0) is 113 Å². The minimum absolute atomic E-state index is 0.685. The number of ether oxygens (including phenoxy) is 2. The van der Waals surface area contributed by atoms with Gasteiger partial charge in [-0.15, -0.1) is 0 Å². The van der Waals surface area contributed by atoms with Crippen molar-refractivity contribution in [3.05, 3.63) is 121 Å². The standard InChI is InChI=1S/C54H54O2/c1-3-5-7-9-11-17-31-55-53-49-33-41-29-27-39-25-23-37-19-13-15-21-43(37)51(39)45(41)35-47(49)48-36-46-42(34-50(48)54(53)56-32-18-12-10-8-6-4-2)30-28-40-26-24-38-20-14-16-22-44(38)52(40)46/h13-16,19-30,33-36H,3-12,17-18,31-32H2,1-2H3. The van der Waals surface area contributed by atoms with Gasteiger partial charge in [-0.2, -0.15) is 0 Å². The van der Waals surface area contributed by atoms with Crippen molar-refractivity contribution in [2.24, 2.45) is 0 Å². The van der Waals surface area contributed by atoms with Gasteiger partial charge in [-0.1, -0.05) is 175 Å². The lowest BCUT2D eigenvalue weighted by Crippen LogP contribution is -2.04. The summed E-state index contributed by atoms with van der Waals surface area (Å²) >= 11 is 0. The van der Waals surface area contributed by atoms with E-state index in [9.17, 15) is 0 Å². The highest BCUT2D eigenvalue weighted by atomic mass is 16.5. The smallest absolute Gasteiger partial charge is 0.169 e. The summed E-state index contributed by atoms with van der Waals surface area (Å²) in [6.07, 6.45) is 14.7. The van der Waals surface area contributed by atoms with Crippen LogP contribution in [0, 0.1) is 0 Å². The summed E-state index contributed by atoms with van der Waals surface area (Å²) in [6.45, 7) is 5.93. The summed E-state index contributed by atoms with van der Waals surface area (Å²) in [6, 6.07) is 45.6. The molecule has 0 unspecified atom stereocenters. The molecule has 0 saturated carbocycles. The van der Waals surface area contributed by atoms with Gasteiger partial charge in [0.25, 0.3) is 0 Å². The third-order valence-electron chi connectivity index (χ3n) is 12.2. The van der Waals surface area contributed by atoms with Crippen LogP contribution in [0.4, 0.5) is 0 Å². The van der Waals surface area contributed by atoms with Gasteiger partial charge in [0, 0.05) is 10.8 Å². The maximum absolute atomic E-state index is 7.00. The van der Waals surface area contributed by atoms with E-state index in [1.807, 2.05) is 0 Å². The fraction of sp³-hybridized carbons (Fsp3) is 0.296. The summed E-state index contributed by atoms with van der Waals surface area (Å²) in [5, 5.41) is 20.0. The zero-order valence-electron chi connectivity index (χ0n) is 33.3. The molecule has 56 heavy (non-hydrogen) atoms. The van der Waals surface area contributed by atoms with Crippen LogP contribution in [0.5, 0.6) is 11.5 Å². The summed E-state index contributed by atoms with van der Waals surface area (Å²) in [5.41, 5.74) is 0. The molecule has 9 rings (SSSR count). The Hall–Kier alpha value is -5.34. The average molecular weight is 735 g/mol. The Morgan fingerprint density at radius 1 is 0.304 bits per heavy atom. The quantitative estimate of drug-likeness (QED) is 0.0559. The van der Waals surface area contributed by atoms with E-state index in [1.54, 1.807) is 0 Å². The van der Waals surface area contributed by atoms with Crippen LogP contribution in [-0.4, -0.2) is 13.2 Å². The predicted octanol–water partition coefficient (Wildman–Crippen LogP) is 16.4. The van der Waals surface area contributed by atoms with Crippen LogP contribution in [0.3, 0.4) is 0 Å². The van der Waals surface area contributed by atoms with Gasteiger partial charge < -0.3 is 9.47 Å². The van der Waals surface area contributed by atoms with Gasteiger partial charge in [0.1, 0.15) is 0 Å². The van der Waals surface area contributed by atoms with Gasteiger partial charge in [0.2, 0.25) is 0 Å². The van der Waals surface area contributed by atoms with Crippen LogP contribution in [0.25, 0.3) is 86.2 Å². The Labute approximate surface area is 331 Å². The molecule has 0 spiro atoms. The van der Waals surface area contributed by atoms with E-state index in [4.69, 9.17) is 9.47 Å². The molecule has 0 radical (unpaired) electrons. The van der Waals surface area contributed by atoms with E-state index >= 15 is 0 Å². The van der Waals surface area contributed by atoms with E-state index < -0.39 is 0 Å². The molecular weight excluding hydrogens is 681 g/mol. The van der Waals surface area contributed by atoms with Crippen molar-refractivity contribution in [1.82, 2.24) is 0 Å². The van der Waals surface area contributed by atoms with E-state index in [0.717, 1.165) is 35.1 Å². The Balaban J connectivity index is 1.30. The van der Waals surface area contributed by atoms with Crippen molar-refractivity contribution in [2.75, 3.05) is 13.2 Å². The van der Waals surface area contributed by atoms with Crippen LogP contribution in [0.15, 0.2) is 121 Å². The molecule has 0 aromatic heterocycles. The zero-order valence-corrected chi connectivity index (χ0v) is 33.3. The van der Waals surface area contributed by atoms with Gasteiger partial charge in [-0.25, -0.2) is 0 Å². The number of hydrogen-bond acceptors (Lipinski definition) is 2. The molecule has 9 aromatic carbocycles. The maximum Gasteiger partial charge on any atom is 0.169 e. The maximum atomic E-state index is 7.00. The second-order valence-corrected chi connectivity index (χ2v) is 16.0. The normalized spacial score (nSPS) is 12.0. The molecule has 0 aliphatic carbocycles. The molecule has 0 fully saturated rings. The first-order valence-electron chi connectivity index (χ1n) is 21.5. The average Bonchev–Trinajstić information content (AvgIpc) is 3.24. The van der Waals surface area contributed by atoms with Crippen LogP contribution < -0.4 is 9.47 Å². The topological polar surface area (TPSA) is 18.5 Å². The molecule has 0 N–H and O–H groups in total. The number of benzene rings is 9. The first-order valence-corrected chi connectivity index (χ1v) is 21.5. The fourth-order valence-corrected chi connectivity index (χ4v) is 9.22. The van der Waals surface area contributed by atoms with E-state index in [0.29, 0.717) is 13.2 Å². The Morgan fingerprint density at radius 2 is 0.679 bits per heavy atom. The van der Waals surface area contributed by atoms with Crippen molar-refractivity contribution in [1.29, 1.82) is 0 Å². The molecule has 0 bridgehead atoms. The van der Waals surface area contributed by atoms with Crippen molar-refractivity contribution < 1.29 is 9.47 Å². The molecule has 0 amide bonds. The largest absolute Gasteiger partial charge is 0.489 e. The second kappa shape index (κ2) is 16.4. The Morgan fingerprint density at radius 3 is 1.12 bits per heavy atom. The third-order valence-corrected chi connectivity index (χ3v) is 12.2. The van der Waals surface area contributed by atoms with Gasteiger partial charge in [-0.3, -0.25) is 0 Å². The molecule has 0 aliphatic rings. The van der Waals surface area contributed by atoms with Crippen molar-refractivity contribution in [2.45, 2.75) is 90.9 Å². The molecule has 2 nitrogen and oxygen atoms in total. The van der Waals surface area contributed by atoms with E-state index in [-0.39, 0.29) is 0 Å². The fourth-order valence-electron chi connectivity index (χ4n) is 9.22. The van der Waals surface area contributed by atoms with Crippen molar-refractivity contribution in [3.63, 3.8) is 0 Å². The Bertz CT molecular complexity index is 2650. The van der Waals surface area contributed by atoms with Gasteiger partial charge >= 0.3 is 0 Å². The first kappa shape index (κ1) is 36.3. The third kappa shape index (κ3) is 6.89. The van der Waals surface area contributed by atoms with Crippen LogP contribution in [0.1, 0.15) is 90.9 Å².